The van der Waals surface area contributed by atoms with Crippen LogP contribution in [0.3, 0.4) is 0 Å². The van der Waals surface area contributed by atoms with Gasteiger partial charge < -0.3 is 19.3 Å². The summed E-state index contributed by atoms with van der Waals surface area (Å²) in [6, 6.07) is 24.4. The Hall–Kier alpha value is -4.99. The number of nitrogens with zero attached hydrogens (tertiary/aromatic N) is 4. The molecule has 0 N–H and O–H groups in total. The van der Waals surface area contributed by atoms with Crippen molar-refractivity contribution in [2.75, 3.05) is 37.7 Å². The number of esters is 2. The molecule has 0 radical (unpaired) electrons. The van der Waals surface area contributed by atoms with Gasteiger partial charge in [0.05, 0.1) is 18.0 Å². The van der Waals surface area contributed by atoms with Gasteiger partial charge in [-0.05, 0) is 43.3 Å². The molecular weight excluding hydrogens is 539 g/mol. The quantitative estimate of drug-likeness (QED) is 0.281. The summed E-state index contributed by atoms with van der Waals surface area (Å²) in [6.07, 6.45) is -0.975. The monoisotopic (exact) mass is 570 g/mol. The van der Waals surface area contributed by atoms with Crippen molar-refractivity contribution in [2.24, 2.45) is 0 Å². The Kier molecular flexibility index (Phi) is 8.61. The third-order valence-corrected chi connectivity index (χ3v) is 6.98. The second kappa shape index (κ2) is 12.7. The van der Waals surface area contributed by atoms with Crippen LogP contribution in [0.2, 0.25) is 0 Å². The first-order valence-corrected chi connectivity index (χ1v) is 13.7. The van der Waals surface area contributed by atoms with Gasteiger partial charge in [-0.2, -0.15) is 5.10 Å². The molecule has 3 aromatic carbocycles. The van der Waals surface area contributed by atoms with Crippen molar-refractivity contribution in [3.63, 3.8) is 0 Å². The zero-order chi connectivity index (χ0) is 29.6. The Morgan fingerprint density at radius 2 is 1.60 bits per heavy atom. The summed E-state index contributed by atoms with van der Waals surface area (Å²) in [5.74, 6) is -1.72. The number of carbonyl (C=O) groups is 3. The van der Waals surface area contributed by atoms with Crippen molar-refractivity contribution < 1.29 is 28.2 Å². The van der Waals surface area contributed by atoms with Crippen molar-refractivity contribution in [2.45, 2.75) is 20.0 Å². The van der Waals surface area contributed by atoms with Crippen LogP contribution in [0.4, 0.5) is 10.1 Å². The van der Waals surface area contributed by atoms with Gasteiger partial charge in [0, 0.05) is 49.9 Å². The number of benzene rings is 3. The molecule has 42 heavy (non-hydrogen) atoms. The third-order valence-electron chi connectivity index (χ3n) is 6.98. The molecule has 1 aromatic heterocycles. The Balaban J connectivity index is 1.31. The smallest absolute Gasteiger partial charge is 0.358 e. The van der Waals surface area contributed by atoms with Gasteiger partial charge in [0.2, 0.25) is 6.10 Å². The number of hydrogen-bond donors (Lipinski definition) is 0. The van der Waals surface area contributed by atoms with E-state index in [0.717, 1.165) is 11.3 Å². The van der Waals surface area contributed by atoms with Gasteiger partial charge in [-0.1, -0.05) is 48.5 Å². The van der Waals surface area contributed by atoms with Crippen LogP contribution in [0.15, 0.2) is 84.9 Å². The van der Waals surface area contributed by atoms with Crippen LogP contribution in [-0.2, 0) is 19.1 Å². The Labute approximate surface area is 243 Å². The Bertz CT molecular complexity index is 1560. The zero-order valence-electron chi connectivity index (χ0n) is 23.4. The maximum atomic E-state index is 14.0. The third kappa shape index (κ3) is 6.33. The number of rotatable bonds is 8. The number of amides is 1. The van der Waals surface area contributed by atoms with Crippen LogP contribution in [0.1, 0.15) is 36.0 Å². The summed E-state index contributed by atoms with van der Waals surface area (Å²) in [7, 11) is 0. The second-order valence-electron chi connectivity index (χ2n) is 9.79. The maximum absolute atomic E-state index is 14.0. The normalized spacial score (nSPS) is 13.9. The molecule has 0 bridgehead atoms. The lowest BCUT2D eigenvalue weighted by atomic mass is 10.1. The minimum absolute atomic E-state index is 0.128. The average Bonchev–Trinajstić information content (AvgIpc) is 3.46. The van der Waals surface area contributed by atoms with Gasteiger partial charge in [0.25, 0.3) is 5.91 Å². The van der Waals surface area contributed by atoms with E-state index in [2.05, 4.69) is 10.00 Å². The summed E-state index contributed by atoms with van der Waals surface area (Å²) in [4.78, 5) is 41.3. The topological polar surface area (TPSA) is 94.0 Å². The Morgan fingerprint density at radius 1 is 0.881 bits per heavy atom. The maximum Gasteiger partial charge on any atom is 0.358 e. The molecule has 216 valence electrons. The lowest BCUT2D eigenvalue weighted by Crippen LogP contribution is -2.50. The van der Waals surface area contributed by atoms with Crippen LogP contribution in [0.25, 0.3) is 16.9 Å². The lowest BCUT2D eigenvalue weighted by Gasteiger charge is -2.37. The number of hydrogen-bond acceptors (Lipinski definition) is 7. The molecule has 0 saturated carbocycles. The molecule has 0 spiro atoms. The minimum atomic E-state index is -0.975. The van der Waals surface area contributed by atoms with E-state index in [1.54, 1.807) is 42.2 Å². The number of halogens is 1. The van der Waals surface area contributed by atoms with Crippen LogP contribution < -0.4 is 4.90 Å². The van der Waals surface area contributed by atoms with Crippen LogP contribution in [-0.4, -0.2) is 65.3 Å². The van der Waals surface area contributed by atoms with E-state index < -0.39 is 23.9 Å². The number of anilines is 1. The first kappa shape index (κ1) is 28.5. The second-order valence-corrected chi connectivity index (χ2v) is 9.79. The standard InChI is InChI=1S/C32H31FN4O5/c1-3-41-32(40)28-21-29(37(34-28)27-11-7-10-25(33)20-27)23-12-14-26(15-13-23)35-16-18-36(19-17-35)31(39)30(42-22(2)38)24-8-5-4-6-9-24/h4-15,20-21,30H,3,16-19H2,1-2H3. The molecule has 2 heterocycles. The molecule has 1 amide bonds. The van der Waals surface area contributed by atoms with E-state index in [1.807, 2.05) is 42.5 Å². The number of piperazine rings is 1. The minimum Gasteiger partial charge on any atom is -0.461 e. The van der Waals surface area contributed by atoms with Gasteiger partial charge in [0.1, 0.15) is 5.82 Å². The molecule has 1 unspecified atom stereocenters. The summed E-state index contributed by atoms with van der Waals surface area (Å²) in [6.45, 7) is 5.37. The molecule has 1 aliphatic rings. The van der Waals surface area contributed by atoms with E-state index in [4.69, 9.17) is 9.47 Å². The summed E-state index contributed by atoms with van der Waals surface area (Å²) >= 11 is 0. The highest BCUT2D eigenvalue weighted by atomic mass is 19.1. The van der Waals surface area contributed by atoms with E-state index in [-0.39, 0.29) is 18.2 Å². The number of carbonyl (C=O) groups excluding carboxylic acids is 3. The molecule has 1 aliphatic heterocycles. The highest BCUT2D eigenvalue weighted by Crippen LogP contribution is 2.28. The molecule has 5 rings (SSSR count). The number of aromatic nitrogens is 2. The highest BCUT2D eigenvalue weighted by molar-refractivity contribution is 5.89. The van der Waals surface area contributed by atoms with Gasteiger partial charge in [0.15, 0.2) is 5.69 Å². The number of ether oxygens (including phenoxy) is 2. The largest absolute Gasteiger partial charge is 0.461 e. The molecular formula is C32H31FN4O5. The van der Waals surface area contributed by atoms with Crippen LogP contribution >= 0.6 is 0 Å². The van der Waals surface area contributed by atoms with Crippen LogP contribution in [0, 0.1) is 5.82 Å². The fraction of sp³-hybridized carbons (Fsp3) is 0.250. The van der Waals surface area contributed by atoms with Crippen molar-refractivity contribution in [1.82, 2.24) is 14.7 Å². The average molecular weight is 571 g/mol. The fourth-order valence-corrected chi connectivity index (χ4v) is 4.94. The van der Waals surface area contributed by atoms with E-state index in [9.17, 15) is 18.8 Å². The SMILES string of the molecule is CCOC(=O)c1cc(-c2ccc(N3CCN(C(=O)C(OC(C)=O)c4ccccc4)CC3)cc2)n(-c2cccc(F)c2)n1. The van der Waals surface area contributed by atoms with Crippen molar-refractivity contribution in [1.29, 1.82) is 0 Å². The molecule has 1 fully saturated rings. The summed E-state index contributed by atoms with van der Waals surface area (Å²) in [5.41, 5.74) is 3.61. The molecule has 1 saturated heterocycles. The first-order valence-electron chi connectivity index (χ1n) is 13.7. The predicted molar refractivity (Wildman–Crippen MR) is 155 cm³/mol. The fourth-order valence-electron chi connectivity index (χ4n) is 4.94. The van der Waals surface area contributed by atoms with Gasteiger partial charge in [-0.3, -0.25) is 9.59 Å². The first-order chi connectivity index (χ1) is 20.3. The predicted octanol–water partition coefficient (Wildman–Crippen LogP) is 4.81. The Morgan fingerprint density at radius 3 is 2.24 bits per heavy atom. The van der Waals surface area contributed by atoms with E-state index >= 15 is 0 Å². The molecule has 10 heteroatoms. The van der Waals surface area contributed by atoms with Gasteiger partial charge >= 0.3 is 11.9 Å². The molecule has 9 nitrogen and oxygen atoms in total. The molecule has 1 atom stereocenters. The zero-order valence-corrected chi connectivity index (χ0v) is 23.4. The summed E-state index contributed by atoms with van der Waals surface area (Å²) in [5, 5.41) is 4.40. The highest BCUT2D eigenvalue weighted by Gasteiger charge is 2.31. The van der Waals surface area contributed by atoms with Gasteiger partial charge in [-0.15, -0.1) is 0 Å². The van der Waals surface area contributed by atoms with E-state index in [0.29, 0.717) is 43.1 Å². The summed E-state index contributed by atoms with van der Waals surface area (Å²) < 4.78 is 26.1. The van der Waals surface area contributed by atoms with Crippen LogP contribution in [0.5, 0.6) is 0 Å². The van der Waals surface area contributed by atoms with E-state index in [1.165, 1.54) is 23.7 Å². The van der Waals surface area contributed by atoms with Crippen molar-refractivity contribution in [3.05, 3.63) is 102 Å². The van der Waals surface area contributed by atoms with Gasteiger partial charge in [-0.25, -0.2) is 13.9 Å². The van der Waals surface area contributed by atoms with Crippen molar-refractivity contribution >= 4 is 23.5 Å². The van der Waals surface area contributed by atoms with Crippen molar-refractivity contribution in [3.8, 4) is 16.9 Å². The lowest BCUT2D eigenvalue weighted by molar-refractivity contribution is -0.159. The molecule has 0 aliphatic carbocycles. The molecule has 4 aromatic rings.